The Morgan fingerprint density at radius 1 is 1.10 bits per heavy atom. The number of ketones is 1. The van der Waals surface area contributed by atoms with Crippen molar-refractivity contribution in [2.45, 2.75) is 33.6 Å². The van der Waals surface area contributed by atoms with Crippen LogP contribution < -0.4 is 5.73 Å². The predicted octanol–water partition coefficient (Wildman–Crippen LogP) is 3.79. The van der Waals surface area contributed by atoms with E-state index in [-0.39, 0.29) is 11.2 Å². The van der Waals surface area contributed by atoms with Gasteiger partial charge in [-0.05, 0) is 24.3 Å². The van der Waals surface area contributed by atoms with E-state index in [0.717, 1.165) is 34.5 Å². The van der Waals surface area contributed by atoms with Crippen molar-refractivity contribution in [3.63, 3.8) is 0 Å². The highest BCUT2D eigenvalue weighted by Gasteiger charge is 2.35. The van der Waals surface area contributed by atoms with Crippen LogP contribution in [0.2, 0.25) is 0 Å². The molecule has 0 bridgehead atoms. The lowest BCUT2D eigenvalue weighted by atomic mass is 9.73. The second-order valence-electron chi connectivity index (χ2n) is 6.61. The molecule has 2 N–H and O–H groups in total. The number of anilines is 1. The summed E-state index contributed by atoms with van der Waals surface area (Å²) < 4.78 is 0. The molecular weight excluding hydrogens is 260 g/mol. The minimum absolute atomic E-state index is 0.0341. The first-order chi connectivity index (χ1) is 9.89. The van der Waals surface area contributed by atoms with E-state index < -0.39 is 0 Å². The Labute approximate surface area is 125 Å². The number of aromatic nitrogens is 1. The normalized spacial score (nSPS) is 16.6. The predicted molar refractivity (Wildman–Crippen MR) is 85.3 cm³/mol. The standard InChI is InChI=1S/C18H20N2O/c1-11-17(19)15(12-7-5-4-6-8-12)16-13(20-11)9-18(2,3)10-14(16)21/h4-8H,9-10,19H2,1-3H3. The fourth-order valence-electron chi connectivity index (χ4n) is 3.15. The molecule has 0 atom stereocenters. The summed E-state index contributed by atoms with van der Waals surface area (Å²) in [6.45, 7) is 6.14. The molecule has 0 unspecified atom stereocenters. The third kappa shape index (κ3) is 2.33. The largest absolute Gasteiger partial charge is 0.397 e. The molecule has 1 aliphatic rings. The van der Waals surface area contributed by atoms with Gasteiger partial charge < -0.3 is 5.73 Å². The number of nitrogen functional groups attached to an aromatic ring is 1. The van der Waals surface area contributed by atoms with Crippen LogP contribution in [0.25, 0.3) is 11.1 Å². The zero-order chi connectivity index (χ0) is 15.2. The van der Waals surface area contributed by atoms with Gasteiger partial charge in [0.1, 0.15) is 0 Å². The highest BCUT2D eigenvalue weighted by molar-refractivity contribution is 6.07. The lowest BCUT2D eigenvalue weighted by Gasteiger charge is -2.31. The highest BCUT2D eigenvalue weighted by Crippen LogP contribution is 2.41. The van der Waals surface area contributed by atoms with Gasteiger partial charge in [0, 0.05) is 17.5 Å². The molecular formula is C18H20N2O. The van der Waals surface area contributed by atoms with Crippen LogP contribution in [0.1, 0.15) is 42.0 Å². The van der Waals surface area contributed by atoms with E-state index in [1.54, 1.807) is 0 Å². The number of pyridine rings is 1. The van der Waals surface area contributed by atoms with E-state index >= 15 is 0 Å². The topological polar surface area (TPSA) is 56.0 Å². The molecule has 108 valence electrons. The van der Waals surface area contributed by atoms with Gasteiger partial charge in [-0.15, -0.1) is 0 Å². The summed E-state index contributed by atoms with van der Waals surface area (Å²) in [4.78, 5) is 17.3. The van der Waals surface area contributed by atoms with Crippen molar-refractivity contribution in [3.8, 4) is 11.1 Å². The fourth-order valence-corrected chi connectivity index (χ4v) is 3.15. The van der Waals surface area contributed by atoms with Gasteiger partial charge in [0.2, 0.25) is 0 Å². The summed E-state index contributed by atoms with van der Waals surface area (Å²) >= 11 is 0. The van der Waals surface area contributed by atoms with Gasteiger partial charge in [-0.2, -0.15) is 0 Å². The minimum Gasteiger partial charge on any atom is -0.397 e. The molecule has 0 saturated carbocycles. The van der Waals surface area contributed by atoms with Gasteiger partial charge in [-0.3, -0.25) is 9.78 Å². The third-order valence-corrected chi connectivity index (χ3v) is 4.13. The molecule has 0 spiro atoms. The average Bonchev–Trinajstić information content (AvgIpc) is 2.41. The van der Waals surface area contributed by atoms with E-state index in [1.807, 2.05) is 37.3 Å². The highest BCUT2D eigenvalue weighted by atomic mass is 16.1. The number of benzene rings is 1. The molecule has 3 rings (SSSR count). The Hall–Kier alpha value is -2.16. The molecule has 1 aromatic carbocycles. The number of hydrogen-bond donors (Lipinski definition) is 1. The van der Waals surface area contributed by atoms with Crippen molar-refractivity contribution in [2.24, 2.45) is 5.41 Å². The quantitative estimate of drug-likeness (QED) is 0.864. The van der Waals surface area contributed by atoms with Crippen molar-refractivity contribution in [2.75, 3.05) is 5.73 Å². The van der Waals surface area contributed by atoms with Crippen LogP contribution in [0.4, 0.5) is 5.69 Å². The zero-order valence-electron chi connectivity index (χ0n) is 12.7. The maximum atomic E-state index is 12.7. The monoisotopic (exact) mass is 280 g/mol. The van der Waals surface area contributed by atoms with Gasteiger partial charge in [-0.25, -0.2) is 0 Å². The fraction of sp³-hybridized carbons (Fsp3) is 0.333. The van der Waals surface area contributed by atoms with Gasteiger partial charge >= 0.3 is 0 Å². The summed E-state index contributed by atoms with van der Waals surface area (Å²) in [5.41, 5.74) is 11.1. The number of aryl methyl sites for hydroxylation is 1. The molecule has 3 nitrogen and oxygen atoms in total. The molecule has 1 aromatic heterocycles. The average molecular weight is 280 g/mol. The lowest BCUT2D eigenvalue weighted by molar-refractivity contribution is 0.0911. The second kappa shape index (κ2) is 4.69. The number of hydrogen-bond acceptors (Lipinski definition) is 3. The van der Waals surface area contributed by atoms with Crippen molar-refractivity contribution < 1.29 is 4.79 Å². The first-order valence-corrected chi connectivity index (χ1v) is 7.26. The summed E-state index contributed by atoms with van der Waals surface area (Å²) in [7, 11) is 0. The molecule has 1 heterocycles. The first kappa shape index (κ1) is 13.8. The Morgan fingerprint density at radius 3 is 2.43 bits per heavy atom. The maximum absolute atomic E-state index is 12.7. The van der Waals surface area contributed by atoms with Crippen molar-refractivity contribution in [1.29, 1.82) is 0 Å². The lowest BCUT2D eigenvalue weighted by Crippen LogP contribution is -2.29. The summed E-state index contributed by atoms with van der Waals surface area (Å²) in [5.74, 6) is 0.152. The Balaban J connectivity index is 2.31. The minimum atomic E-state index is -0.0341. The SMILES string of the molecule is Cc1nc2c(c(-c3ccccc3)c1N)C(=O)CC(C)(C)C2. The third-order valence-electron chi connectivity index (χ3n) is 4.13. The van der Waals surface area contributed by atoms with Gasteiger partial charge in [-0.1, -0.05) is 44.2 Å². The number of rotatable bonds is 1. The molecule has 21 heavy (non-hydrogen) atoms. The number of carbonyl (C=O) groups is 1. The van der Waals surface area contributed by atoms with Gasteiger partial charge in [0.05, 0.1) is 17.1 Å². The molecule has 0 amide bonds. The van der Waals surface area contributed by atoms with Crippen LogP contribution in [-0.4, -0.2) is 10.8 Å². The van der Waals surface area contributed by atoms with E-state index in [2.05, 4.69) is 18.8 Å². The number of Topliss-reactive ketones (excluding diaryl/α,β-unsaturated/α-hetero) is 1. The Bertz CT molecular complexity index is 718. The molecule has 1 aliphatic carbocycles. The van der Waals surface area contributed by atoms with E-state index in [4.69, 9.17) is 5.73 Å². The van der Waals surface area contributed by atoms with Crippen molar-refractivity contribution in [3.05, 3.63) is 47.3 Å². The van der Waals surface area contributed by atoms with Crippen LogP contribution in [0.5, 0.6) is 0 Å². The molecule has 0 saturated heterocycles. The smallest absolute Gasteiger partial charge is 0.165 e. The van der Waals surface area contributed by atoms with Crippen LogP contribution >= 0.6 is 0 Å². The van der Waals surface area contributed by atoms with E-state index in [1.165, 1.54) is 0 Å². The maximum Gasteiger partial charge on any atom is 0.165 e. The zero-order valence-corrected chi connectivity index (χ0v) is 12.7. The van der Waals surface area contributed by atoms with Crippen LogP contribution in [0, 0.1) is 12.3 Å². The summed E-state index contributed by atoms with van der Waals surface area (Å²) in [5, 5.41) is 0. The van der Waals surface area contributed by atoms with Crippen LogP contribution in [0.15, 0.2) is 30.3 Å². The van der Waals surface area contributed by atoms with Gasteiger partial charge in [0.15, 0.2) is 5.78 Å². The Morgan fingerprint density at radius 2 is 1.76 bits per heavy atom. The molecule has 0 aliphatic heterocycles. The van der Waals surface area contributed by atoms with E-state index in [9.17, 15) is 4.79 Å². The molecule has 0 radical (unpaired) electrons. The molecule has 0 fully saturated rings. The molecule has 2 aromatic rings. The second-order valence-corrected chi connectivity index (χ2v) is 6.61. The summed E-state index contributed by atoms with van der Waals surface area (Å²) in [6.07, 6.45) is 1.36. The van der Waals surface area contributed by atoms with Gasteiger partial charge in [0.25, 0.3) is 0 Å². The first-order valence-electron chi connectivity index (χ1n) is 7.26. The van der Waals surface area contributed by atoms with Crippen molar-refractivity contribution >= 4 is 11.5 Å². The number of fused-ring (bicyclic) bond motifs is 1. The number of carbonyl (C=O) groups excluding carboxylic acids is 1. The van der Waals surface area contributed by atoms with Crippen molar-refractivity contribution in [1.82, 2.24) is 4.98 Å². The van der Waals surface area contributed by atoms with Crippen LogP contribution in [-0.2, 0) is 6.42 Å². The number of nitrogens with two attached hydrogens (primary N) is 1. The Kier molecular flexibility index (Phi) is 3.08. The van der Waals surface area contributed by atoms with E-state index in [0.29, 0.717) is 12.1 Å². The number of nitrogens with zero attached hydrogens (tertiary/aromatic N) is 1. The summed E-state index contributed by atoms with van der Waals surface area (Å²) in [6, 6.07) is 9.89. The molecule has 3 heteroatoms. The van der Waals surface area contributed by atoms with Crippen LogP contribution in [0.3, 0.4) is 0 Å².